The lowest BCUT2D eigenvalue weighted by atomic mass is 10.0. The fourth-order valence-corrected chi connectivity index (χ4v) is 3.78. The number of rotatable bonds is 2. The van der Waals surface area contributed by atoms with Crippen LogP contribution in [-0.2, 0) is 0 Å². The molecule has 0 aliphatic carbocycles. The predicted octanol–water partition coefficient (Wildman–Crippen LogP) is 5.65. The van der Waals surface area contributed by atoms with Crippen LogP contribution in [0.1, 0.15) is 15.9 Å². The molecular formula is C23H13ClFNO4. The zero-order valence-corrected chi connectivity index (χ0v) is 16.0. The number of aromatic amines is 1. The van der Waals surface area contributed by atoms with E-state index in [1.807, 2.05) is 24.3 Å². The second-order valence-corrected chi connectivity index (χ2v) is 7.27. The van der Waals surface area contributed by atoms with Crippen molar-refractivity contribution in [1.82, 2.24) is 4.98 Å². The number of phenolic OH excluding ortho intramolecular Hbond substituents is 2. The van der Waals surface area contributed by atoms with Crippen LogP contribution < -0.4 is 4.74 Å². The number of aromatic nitrogens is 1. The van der Waals surface area contributed by atoms with Gasteiger partial charge in [-0.25, -0.2) is 4.39 Å². The number of ether oxygens (including phenoxy) is 1. The third-order valence-corrected chi connectivity index (χ3v) is 5.26. The molecule has 0 unspecified atom stereocenters. The van der Waals surface area contributed by atoms with Gasteiger partial charge in [0.1, 0.15) is 28.6 Å². The number of fused-ring (bicyclic) bond motifs is 2. The lowest BCUT2D eigenvalue weighted by molar-refractivity contribution is 0.101. The summed E-state index contributed by atoms with van der Waals surface area (Å²) >= 11 is 5.97. The number of halogens is 2. The number of benzene rings is 3. The number of carbonyl (C=O) groups is 1. The summed E-state index contributed by atoms with van der Waals surface area (Å²) in [5.74, 6) is -1.54. The van der Waals surface area contributed by atoms with Gasteiger partial charge in [-0.2, -0.15) is 0 Å². The highest BCUT2D eigenvalue weighted by molar-refractivity contribution is 6.31. The van der Waals surface area contributed by atoms with Crippen LogP contribution in [0, 0.1) is 5.82 Å². The fourth-order valence-electron chi connectivity index (χ4n) is 3.60. The van der Waals surface area contributed by atoms with E-state index in [0.717, 1.165) is 17.0 Å². The molecule has 0 spiro atoms. The molecule has 0 saturated heterocycles. The molecule has 5 rings (SSSR count). The van der Waals surface area contributed by atoms with Gasteiger partial charge in [0.15, 0.2) is 5.76 Å². The Kier molecular flexibility index (Phi) is 4.04. The first kappa shape index (κ1) is 18.3. The number of allylic oxidation sites excluding steroid dienone is 1. The maximum Gasteiger partial charge on any atom is 0.235 e. The van der Waals surface area contributed by atoms with E-state index in [4.69, 9.17) is 16.3 Å². The zero-order valence-electron chi connectivity index (χ0n) is 15.2. The molecule has 5 nitrogen and oxygen atoms in total. The van der Waals surface area contributed by atoms with Gasteiger partial charge < -0.3 is 19.9 Å². The highest BCUT2D eigenvalue weighted by Gasteiger charge is 2.32. The van der Waals surface area contributed by atoms with Crippen LogP contribution in [0.25, 0.3) is 28.2 Å². The number of carbonyl (C=O) groups excluding carboxylic acids is 1. The van der Waals surface area contributed by atoms with Crippen LogP contribution in [0.2, 0.25) is 5.02 Å². The van der Waals surface area contributed by atoms with Crippen molar-refractivity contribution < 1.29 is 24.1 Å². The molecule has 3 aromatic carbocycles. The Balaban J connectivity index is 1.70. The van der Waals surface area contributed by atoms with Crippen LogP contribution >= 0.6 is 11.6 Å². The van der Waals surface area contributed by atoms with Crippen LogP contribution in [-0.4, -0.2) is 21.0 Å². The van der Waals surface area contributed by atoms with E-state index >= 15 is 0 Å². The Morgan fingerprint density at radius 3 is 2.67 bits per heavy atom. The molecule has 1 aliphatic heterocycles. The maximum atomic E-state index is 13.7. The largest absolute Gasteiger partial charge is 0.508 e. The van der Waals surface area contributed by atoms with Gasteiger partial charge >= 0.3 is 0 Å². The lowest BCUT2D eigenvalue weighted by Crippen LogP contribution is -1.98. The van der Waals surface area contributed by atoms with E-state index in [0.29, 0.717) is 16.8 Å². The van der Waals surface area contributed by atoms with Gasteiger partial charge in [-0.05, 0) is 30.3 Å². The summed E-state index contributed by atoms with van der Waals surface area (Å²) in [6.45, 7) is 0. The average Bonchev–Trinajstić information content (AvgIpc) is 3.22. The van der Waals surface area contributed by atoms with Gasteiger partial charge in [-0.1, -0.05) is 29.8 Å². The normalized spacial score (nSPS) is 14.3. The predicted molar refractivity (Wildman–Crippen MR) is 111 cm³/mol. The summed E-state index contributed by atoms with van der Waals surface area (Å²) in [7, 11) is 0. The van der Waals surface area contributed by atoms with Crippen molar-refractivity contribution in [2.75, 3.05) is 0 Å². The third-order valence-electron chi connectivity index (χ3n) is 4.97. The monoisotopic (exact) mass is 421 g/mol. The molecule has 1 aliphatic rings. The summed E-state index contributed by atoms with van der Waals surface area (Å²) in [5, 5.41) is 20.5. The number of nitrogens with one attached hydrogen (secondary N) is 1. The number of aromatic hydroxyl groups is 2. The minimum Gasteiger partial charge on any atom is -0.508 e. The van der Waals surface area contributed by atoms with Crippen LogP contribution in [0.4, 0.5) is 4.39 Å². The molecule has 0 bridgehead atoms. The molecule has 0 atom stereocenters. The average molecular weight is 422 g/mol. The van der Waals surface area contributed by atoms with Crippen LogP contribution in [0.5, 0.6) is 17.2 Å². The minimum absolute atomic E-state index is 0.00901. The van der Waals surface area contributed by atoms with Crippen molar-refractivity contribution in [1.29, 1.82) is 0 Å². The first-order valence-corrected chi connectivity index (χ1v) is 9.36. The van der Waals surface area contributed by atoms with Gasteiger partial charge in [0, 0.05) is 34.2 Å². The summed E-state index contributed by atoms with van der Waals surface area (Å²) in [5.41, 5.74) is 2.71. The molecule has 0 radical (unpaired) electrons. The minimum atomic E-state index is -0.531. The van der Waals surface area contributed by atoms with E-state index < -0.39 is 11.6 Å². The van der Waals surface area contributed by atoms with Gasteiger partial charge in [-0.15, -0.1) is 0 Å². The standard InChI is InChI=1S/C23H13ClFNO4/c24-15-7-11(5-6-16(15)25)22-14(13-3-1-2-4-17(13)26-22)10-20-23(29)21-18(28)8-12(27)9-19(21)30-20/h1-10,26-28H. The Hall–Kier alpha value is -3.77. The quantitative estimate of drug-likeness (QED) is 0.365. The molecule has 148 valence electrons. The molecule has 30 heavy (non-hydrogen) atoms. The van der Waals surface area contributed by atoms with Gasteiger partial charge in [0.2, 0.25) is 5.78 Å². The number of phenols is 2. The maximum absolute atomic E-state index is 13.7. The lowest BCUT2D eigenvalue weighted by Gasteiger charge is -2.04. The smallest absolute Gasteiger partial charge is 0.235 e. The van der Waals surface area contributed by atoms with Crippen molar-refractivity contribution in [3.63, 3.8) is 0 Å². The molecular weight excluding hydrogens is 409 g/mol. The van der Waals surface area contributed by atoms with E-state index in [1.54, 1.807) is 12.1 Å². The van der Waals surface area contributed by atoms with E-state index in [1.165, 1.54) is 18.2 Å². The van der Waals surface area contributed by atoms with Gasteiger partial charge in [0.25, 0.3) is 0 Å². The number of Topliss-reactive ketones (excluding diaryl/α,β-unsaturated/α-hetero) is 1. The summed E-state index contributed by atoms with van der Waals surface area (Å²) in [4.78, 5) is 16.1. The molecule has 0 fully saturated rings. The third kappa shape index (κ3) is 2.81. The number of H-pyrrole nitrogens is 1. The number of hydrogen-bond donors (Lipinski definition) is 3. The number of hydrogen-bond acceptors (Lipinski definition) is 4. The highest BCUT2D eigenvalue weighted by atomic mass is 35.5. The van der Waals surface area contributed by atoms with Crippen LogP contribution in [0.15, 0.2) is 60.4 Å². The first-order valence-electron chi connectivity index (χ1n) is 8.98. The van der Waals surface area contributed by atoms with Crippen molar-refractivity contribution in [3.8, 4) is 28.5 Å². The first-order chi connectivity index (χ1) is 14.4. The topological polar surface area (TPSA) is 82.6 Å². The highest BCUT2D eigenvalue weighted by Crippen LogP contribution is 2.42. The van der Waals surface area contributed by atoms with Gasteiger partial charge in [0.05, 0.1) is 10.7 Å². The molecule has 2 heterocycles. The zero-order chi connectivity index (χ0) is 21.0. The molecule has 1 aromatic heterocycles. The van der Waals surface area contributed by atoms with E-state index in [-0.39, 0.29) is 33.6 Å². The Labute approximate surface area is 174 Å². The molecule has 4 aromatic rings. The van der Waals surface area contributed by atoms with Gasteiger partial charge in [-0.3, -0.25) is 4.79 Å². The fraction of sp³-hybridized carbons (Fsp3) is 0. The SMILES string of the molecule is O=C1C(=Cc2c(-c3ccc(F)c(Cl)c3)[nH]c3ccccc23)Oc2cc(O)cc(O)c21. The molecule has 0 saturated carbocycles. The summed E-state index contributed by atoms with van der Waals surface area (Å²) < 4.78 is 19.3. The van der Waals surface area contributed by atoms with Crippen LogP contribution in [0.3, 0.4) is 0 Å². The molecule has 3 N–H and O–H groups in total. The van der Waals surface area contributed by atoms with E-state index in [2.05, 4.69) is 4.98 Å². The molecule has 0 amide bonds. The Morgan fingerprint density at radius 2 is 1.87 bits per heavy atom. The Bertz CT molecular complexity index is 1390. The number of ketones is 1. The van der Waals surface area contributed by atoms with Crippen molar-refractivity contribution in [2.45, 2.75) is 0 Å². The Morgan fingerprint density at radius 1 is 1.07 bits per heavy atom. The number of para-hydroxylation sites is 1. The second kappa shape index (κ2) is 6.64. The van der Waals surface area contributed by atoms with Crippen molar-refractivity contribution in [3.05, 3.63) is 82.3 Å². The summed E-state index contributed by atoms with van der Waals surface area (Å²) in [6.07, 6.45) is 1.56. The second-order valence-electron chi connectivity index (χ2n) is 6.87. The van der Waals surface area contributed by atoms with Crippen molar-refractivity contribution >= 4 is 34.4 Å². The molecule has 7 heteroatoms. The van der Waals surface area contributed by atoms with Crippen molar-refractivity contribution in [2.24, 2.45) is 0 Å². The summed E-state index contributed by atoms with van der Waals surface area (Å²) in [6, 6.07) is 14.2. The van der Waals surface area contributed by atoms with E-state index in [9.17, 15) is 19.4 Å².